The molecule has 0 bridgehead atoms. The van der Waals surface area contributed by atoms with E-state index in [2.05, 4.69) is 281 Å². The summed E-state index contributed by atoms with van der Waals surface area (Å²) in [4.78, 5) is 24.8. The smallest absolute Gasteiger partial charge is 0.159 e. The molecule has 79 heavy (non-hydrogen) atoms. The summed E-state index contributed by atoms with van der Waals surface area (Å²) in [6.07, 6.45) is 14.0. The molecule has 378 valence electrons. The number of hydrogen-bond donors (Lipinski definition) is 0. The number of pyridine rings is 2. The van der Waals surface area contributed by atoms with E-state index in [1.807, 2.05) is 6.20 Å². The number of allylic oxidation sites excluding steroid dienone is 4. The molecule has 0 saturated heterocycles. The Morgan fingerprint density at radius 3 is 1.34 bits per heavy atom. The normalized spacial score (nSPS) is 15.2. The second kappa shape index (κ2) is 19.2. The molecule has 0 fully saturated rings. The summed E-state index contributed by atoms with van der Waals surface area (Å²) in [6.45, 7) is 9.29. The second-order valence-electron chi connectivity index (χ2n) is 22.3. The van der Waals surface area contributed by atoms with Gasteiger partial charge in [0.05, 0.1) is 34.7 Å². The van der Waals surface area contributed by atoms with Crippen molar-refractivity contribution in [3.63, 3.8) is 0 Å². The second-order valence-corrected chi connectivity index (χ2v) is 22.3. The topological polar surface area (TPSA) is 54.8 Å². The zero-order valence-electron chi connectivity index (χ0n) is 44.8. The highest BCUT2D eigenvalue weighted by Gasteiger charge is 2.49. The lowest BCUT2D eigenvalue weighted by atomic mass is 9.69. The fraction of sp³-hybridized carbons (Fsp3) is 0.108. The van der Waals surface area contributed by atoms with E-state index in [1.165, 1.54) is 16.7 Å². The fourth-order valence-electron chi connectivity index (χ4n) is 12.2. The van der Waals surface area contributed by atoms with Crippen LogP contribution in [-0.2, 0) is 10.8 Å². The van der Waals surface area contributed by atoms with Crippen molar-refractivity contribution >= 4 is 17.2 Å². The van der Waals surface area contributed by atoms with Crippen molar-refractivity contribution < 1.29 is 0 Å². The largest absolute Gasteiger partial charge is 0.289 e. The lowest BCUT2D eigenvalue weighted by Crippen LogP contribution is -2.40. The van der Waals surface area contributed by atoms with Gasteiger partial charge in [-0.15, -0.1) is 0 Å². The van der Waals surface area contributed by atoms with Gasteiger partial charge in [-0.2, -0.15) is 0 Å². The van der Waals surface area contributed by atoms with Crippen LogP contribution in [0.15, 0.2) is 255 Å². The minimum Gasteiger partial charge on any atom is -0.289 e. The van der Waals surface area contributed by atoms with E-state index in [0.29, 0.717) is 5.82 Å². The summed E-state index contributed by atoms with van der Waals surface area (Å²) in [5.74, 6) is 1.80. The van der Waals surface area contributed by atoms with Crippen molar-refractivity contribution in [2.24, 2.45) is 0 Å². The highest BCUT2D eigenvalue weighted by Crippen LogP contribution is 2.60. The molecule has 1 atom stereocenters. The molecule has 0 spiro atoms. The molecule has 1 aliphatic carbocycles. The average molecular weight is 1020 g/mol. The van der Waals surface area contributed by atoms with Crippen molar-refractivity contribution in [1.82, 2.24) is 19.9 Å². The van der Waals surface area contributed by atoms with Crippen LogP contribution in [0.2, 0.25) is 0 Å². The molecular weight excluding hydrogens is 959 g/mol. The van der Waals surface area contributed by atoms with E-state index >= 15 is 0 Å². The predicted octanol–water partition coefficient (Wildman–Crippen LogP) is 19.0. The van der Waals surface area contributed by atoms with Crippen LogP contribution in [0, 0.1) is 0 Å². The number of aromatic nitrogens is 4. The summed E-state index contributed by atoms with van der Waals surface area (Å²) in [5.41, 5.74) is 22.7. The van der Waals surface area contributed by atoms with E-state index < -0.39 is 10.8 Å². The first-order valence-electron chi connectivity index (χ1n) is 27.4. The van der Waals surface area contributed by atoms with Crippen LogP contribution in [0.5, 0.6) is 0 Å². The molecule has 5 heteroatoms. The van der Waals surface area contributed by atoms with Crippen LogP contribution in [0.3, 0.4) is 0 Å². The third kappa shape index (κ3) is 8.50. The maximum Gasteiger partial charge on any atom is 0.159 e. The summed E-state index contributed by atoms with van der Waals surface area (Å²) in [6, 6.07) is 78.7. The molecule has 3 aliphatic rings. The summed E-state index contributed by atoms with van der Waals surface area (Å²) < 4.78 is 0. The summed E-state index contributed by atoms with van der Waals surface area (Å²) >= 11 is 0. The van der Waals surface area contributed by atoms with E-state index in [9.17, 15) is 0 Å². The number of fused-ring (bicyclic) bond motifs is 4. The lowest BCUT2D eigenvalue weighted by Gasteiger charge is -2.47. The average Bonchev–Trinajstić information content (AvgIpc) is 2.58. The first kappa shape index (κ1) is 47.8. The van der Waals surface area contributed by atoms with Gasteiger partial charge < -0.3 is 0 Å². The van der Waals surface area contributed by atoms with Gasteiger partial charge >= 0.3 is 0 Å². The van der Waals surface area contributed by atoms with Gasteiger partial charge in [0.25, 0.3) is 0 Å². The molecule has 0 radical (unpaired) electrons. The van der Waals surface area contributed by atoms with E-state index in [1.54, 1.807) is 0 Å². The molecule has 8 aromatic carbocycles. The van der Waals surface area contributed by atoms with Crippen molar-refractivity contribution in [1.29, 1.82) is 0 Å². The maximum atomic E-state index is 5.89. The molecule has 5 nitrogen and oxygen atoms in total. The van der Waals surface area contributed by atoms with Crippen molar-refractivity contribution in [3.05, 3.63) is 283 Å². The van der Waals surface area contributed by atoms with Crippen LogP contribution in [0.1, 0.15) is 68.1 Å². The van der Waals surface area contributed by atoms with Gasteiger partial charge in [0.1, 0.15) is 5.82 Å². The number of rotatable bonds is 9. The molecular formula is C74H57N5. The number of anilines is 3. The Balaban J connectivity index is 0.994. The molecule has 0 saturated carbocycles. The van der Waals surface area contributed by atoms with Crippen LogP contribution < -0.4 is 4.90 Å². The molecule has 0 N–H and O–H groups in total. The monoisotopic (exact) mass is 1020 g/mol. The van der Waals surface area contributed by atoms with E-state index in [4.69, 9.17) is 19.9 Å². The molecule has 11 aromatic rings. The molecule has 1 unspecified atom stereocenters. The van der Waals surface area contributed by atoms with E-state index in [0.717, 1.165) is 119 Å². The van der Waals surface area contributed by atoms with Crippen molar-refractivity contribution in [3.8, 4) is 89.4 Å². The minimum atomic E-state index is -0.603. The number of hydrogen-bond acceptors (Lipinski definition) is 5. The Morgan fingerprint density at radius 1 is 0.392 bits per heavy atom. The molecule has 14 rings (SSSR count). The highest BCUT2D eigenvalue weighted by molar-refractivity contribution is 5.93. The molecule has 0 amide bonds. The standard InChI is InChI=1S/C74H57N5/c1-73(2)64-45-66(61-40-56(50-27-15-7-16-28-50)36-57(41-61)51-29-17-8-18-30-51)77-70-68(64)79(67-47-75-71(78-69(67)73)62-42-58(52-31-19-9-20-32-52)37-59(43-62)53-33-21-10-22-34-53)72-65(74(70,3)4)44-63(46-76-72)60-38-54(48-23-11-5-12-24-48)35-55(39-60)49-25-13-6-14-26-49/h5-25,27-47,49H,26H2,1-4H3. The first-order valence-corrected chi connectivity index (χ1v) is 27.4. The SMILES string of the molecule is CC1(C)c2cc(-c3cc(-c4ccccc4)cc(-c4ccccc4)c3)nc3c2N(c2cnc(-c4cc(-c5ccccc5)cc(-c5ccccc5)c4)nc21)c1ncc(-c2cc(-c4ccccc4)cc(C4C=CC=CC4)c2)cc1C3(C)C. The van der Waals surface area contributed by atoms with Gasteiger partial charge in [0, 0.05) is 45.2 Å². The Labute approximate surface area is 463 Å². The number of benzene rings is 8. The third-order valence-corrected chi connectivity index (χ3v) is 16.5. The zero-order chi connectivity index (χ0) is 53.2. The first-order chi connectivity index (χ1) is 38.6. The van der Waals surface area contributed by atoms with Gasteiger partial charge in [-0.1, -0.05) is 188 Å². The van der Waals surface area contributed by atoms with Gasteiger partial charge in [0.15, 0.2) is 5.82 Å². The van der Waals surface area contributed by atoms with Crippen LogP contribution in [0.4, 0.5) is 17.2 Å². The van der Waals surface area contributed by atoms with Gasteiger partial charge in [0.2, 0.25) is 0 Å². The maximum absolute atomic E-state index is 5.89. The van der Waals surface area contributed by atoms with Crippen molar-refractivity contribution in [2.75, 3.05) is 4.90 Å². The van der Waals surface area contributed by atoms with Crippen LogP contribution in [0.25, 0.3) is 89.4 Å². The van der Waals surface area contributed by atoms with Crippen LogP contribution >= 0.6 is 0 Å². The Kier molecular flexibility index (Phi) is 11.6. The Hall–Kier alpha value is -9.58. The highest BCUT2D eigenvalue weighted by atomic mass is 15.2. The van der Waals surface area contributed by atoms with Gasteiger partial charge in [-0.3, -0.25) is 4.90 Å². The molecule has 3 aromatic heterocycles. The Bertz CT molecular complexity index is 4090. The fourth-order valence-corrected chi connectivity index (χ4v) is 12.2. The molecule has 5 heterocycles. The van der Waals surface area contributed by atoms with Crippen LogP contribution in [-0.4, -0.2) is 19.9 Å². The zero-order valence-corrected chi connectivity index (χ0v) is 44.8. The minimum absolute atomic E-state index is 0.272. The van der Waals surface area contributed by atoms with Crippen molar-refractivity contribution in [2.45, 2.75) is 50.9 Å². The lowest BCUT2D eigenvalue weighted by molar-refractivity contribution is 0.568. The van der Waals surface area contributed by atoms with Gasteiger partial charge in [-0.05, 0) is 161 Å². The predicted molar refractivity (Wildman–Crippen MR) is 326 cm³/mol. The quantitative estimate of drug-likeness (QED) is 0.144. The van der Waals surface area contributed by atoms with E-state index in [-0.39, 0.29) is 5.92 Å². The summed E-state index contributed by atoms with van der Waals surface area (Å²) in [7, 11) is 0. The Morgan fingerprint density at radius 2 is 0.848 bits per heavy atom. The summed E-state index contributed by atoms with van der Waals surface area (Å²) in [5, 5.41) is 0. The molecule has 2 aliphatic heterocycles. The third-order valence-electron chi connectivity index (χ3n) is 16.5. The van der Waals surface area contributed by atoms with Gasteiger partial charge in [-0.25, -0.2) is 19.9 Å². The number of nitrogens with zero attached hydrogens (tertiary/aromatic N) is 5.